The van der Waals surface area contributed by atoms with E-state index in [1.54, 1.807) is 0 Å². The van der Waals surface area contributed by atoms with Gasteiger partial charge < -0.3 is 9.84 Å². The first-order valence-electron chi connectivity index (χ1n) is 7.23. The van der Waals surface area contributed by atoms with Crippen molar-refractivity contribution < 1.29 is 18.8 Å². The highest BCUT2D eigenvalue weighted by molar-refractivity contribution is 7.84. The minimum Gasteiger partial charge on any atom is -0.481 e. The zero-order valence-electron chi connectivity index (χ0n) is 13.4. The average Bonchev–Trinajstić information content (AvgIpc) is 2.32. The zero-order valence-corrected chi connectivity index (χ0v) is 14.3. The van der Waals surface area contributed by atoms with Crippen LogP contribution in [-0.2, 0) is 32.5 Å². The maximum Gasteiger partial charge on any atom is 0.307 e. The molecule has 0 amide bonds. The minimum absolute atomic E-state index is 0.00592. The summed E-state index contributed by atoms with van der Waals surface area (Å²) in [6, 6.07) is 5.62. The standard InChI is InChI=1S/C16H23NO4S/c1-11-7-12(8-14(18)19)5-6-13(11)16(9-21-10-16)17-22(20)15(2,3)4/h5-7,17H,8-10H2,1-4H3,(H,18,19). The lowest BCUT2D eigenvalue weighted by atomic mass is 9.85. The summed E-state index contributed by atoms with van der Waals surface area (Å²) in [6.45, 7) is 8.65. The highest BCUT2D eigenvalue weighted by atomic mass is 32.2. The number of hydrogen-bond acceptors (Lipinski definition) is 3. The van der Waals surface area contributed by atoms with Crippen molar-refractivity contribution in [1.29, 1.82) is 0 Å². The monoisotopic (exact) mass is 325 g/mol. The van der Waals surface area contributed by atoms with Gasteiger partial charge in [-0.2, -0.15) is 0 Å². The van der Waals surface area contributed by atoms with E-state index in [-0.39, 0.29) is 11.2 Å². The van der Waals surface area contributed by atoms with Gasteiger partial charge in [0.1, 0.15) is 5.54 Å². The number of aryl methyl sites for hydroxylation is 1. The average molecular weight is 325 g/mol. The lowest BCUT2D eigenvalue weighted by Gasteiger charge is -2.44. The molecule has 2 N–H and O–H groups in total. The normalized spacial score (nSPS) is 18.5. The highest BCUT2D eigenvalue weighted by Gasteiger charge is 2.44. The second-order valence-electron chi connectivity index (χ2n) is 6.78. The van der Waals surface area contributed by atoms with Crippen LogP contribution in [-0.4, -0.2) is 33.2 Å². The molecule has 1 aliphatic heterocycles. The molecule has 5 nitrogen and oxygen atoms in total. The first kappa shape index (κ1) is 17.1. The summed E-state index contributed by atoms with van der Waals surface area (Å²) in [5, 5.41) is 8.88. The molecule has 1 aromatic rings. The van der Waals surface area contributed by atoms with Crippen LogP contribution in [0.15, 0.2) is 18.2 Å². The van der Waals surface area contributed by atoms with Gasteiger partial charge >= 0.3 is 5.97 Å². The molecule has 1 heterocycles. The number of aliphatic carboxylic acids is 1. The topological polar surface area (TPSA) is 75.6 Å². The summed E-state index contributed by atoms with van der Waals surface area (Å²) in [5.41, 5.74) is 2.32. The molecular weight excluding hydrogens is 302 g/mol. The van der Waals surface area contributed by atoms with Gasteiger partial charge in [-0.25, -0.2) is 8.93 Å². The Morgan fingerprint density at radius 2 is 2.05 bits per heavy atom. The lowest BCUT2D eigenvalue weighted by Crippen LogP contribution is -2.60. The molecule has 1 saturated heterocycles. The van der Waals surface area contributed by atoms with Gasteiger partial charge in [0.25, 0.3) is 0 Å². The third kappa shape index (κ3) is 3.56. The van der Waals surface area contributed by atoms with Crippen LogP contribution in [0.3, 0.4) is 0 Å². The Morgan fingerprint density at radius 1 is 1.41 bits per heavy atom. The molecule has 1 aliphatic rings. The molecule has 22 heavy (non-hydrogen) atoms. The van der Waals surface area contributed by atoms with Crippen molar-refractivity contribution in [2.75, 3.05) is 13.2 Å². The van der Waals surface area contributed by atoms with E-state index in [0.717, 1.165) is 16.7 Å². The van der Waals surface area contributed by atoms with Crippen LogP contribution in [0.1, 0.15) is 37.5 Å². The highest BCUT2D eigenvalue weighted by Crippen LogP contribution is 2.33. The molecular formula is C16H23NO4S. The van der Waals surface area contributed by atoms with Gasteiger partial charge in [-0.3, -0.25) is 4.79 Å². The molecule has 2 rings (SSSR count). The second kappa shape index (κ2) is 6.10. The van der Waals surface area contributed by atoms with Crippen molar-refractivity contribution in [2.45, 2.75) is 44.4 Å². The fraction of sp³-hybridized carbons (Fsp3) is 0.562. The summed E-state index contributed by atoms with van der Waals surface area (Å²) >= 11 is 0. The Morgan fingerprint density at radius 3 is 2.45 bits per heavy atom. The second-order valence-corrected chi connectivity index (χ2v) is 8.74. The van der Waals surface area contributed by atoms with Crippen LogP contribution < -0.4 is 4.72 Å². The molecule has 0 radical (unpaired) electrons. The maximum atomic E-state index is 12.4. The fourth-order valence-corrected chi connectivity index (χ4v) is 3.34. The quantitative estimate of drug-likeness (QED) is 0.867. The Labute approximate surface area is 133 Å². The van der Waals surface area contributed by atoms with Gasteiger partial charge in [0.15, 0.2) is 0 Å². The van der Waals surface area contributed by atoms with Crippen molar-refractivity contribution in [3.63, 3.8) is 0 Å². The van der Waals surface area contributed by atoms with Crippen LogP contribution in [0.25, 0.3) is 0 Å². The first-order valence-corrected chi connectivity index (χ1v) is 8.38. The molecule has 122 valence electrons. The molecule has 6 heteroatoms. The summed E-state index contributed by atoms with van der Waals surface area (Å²) in [4.78, 5) is 10.8. The van der Waals surface area contributed by atoms with Crippen molar-refractivity contribution in [3.05, 3.63) is 34.9 Å². The van der Waals surface area contributed by atoms with Gasteiger partial charge in [-0.05, 0) is 44.4 Å². The summed E-state index contributed by atoms with van der Waals surface area (Å²) in [7, 11) is -1.20. The van der Waals surface area contributed by atoms with Gasteiger partial charge in [0.05, 0.1) is 35.4 Å². The van der Waals surface area contributed by atoms with E-state index in [1.165, 1.54) is 0 Å². The van der Waals surface area contributed by atoms with Gasteiger partial charge in [0.2, 0.25) is 0 Å². The molecule has 0 aromatic heterocycles. The Hall–Kier alpha value is -1.24. The van der Waals surface area contributed by atoms with Crippen molar-refractivity contribution in [1.82, 2.24) is 4.72 Å². The number of ether oxygens (including phenoxy) is 1. The summed E-state index contributed by atoms with van der Waals surface area (Å²) < 4.78 is 20.7. The Balaban J connectivity index is 2.28. The summed E-state index contributed by atoms with van der Waals surface area (Å²) in [6.07, 6.45) is 0.00592. The van der Waals surface area contributed by atoms with Crippen molar-refractivity contribution in [2.24, 2.45) is 0 Å². The zero-order chi connectivity index (χ0) is 16.5. The van der Waals surface area contributed by atoms with Crippen molar-refractivity contribution >= 4 is 17.0 Å². The third-order valence-electron chi connectivity index (χ3n) is 3.70. The number of carboxylic acids is 1. The van der Waals surface area contributed by atoms with E-state index >= 15 is 0 Å². The van der Waals surface area contributed by atoms with Crippen LogP contribution in [0.2, 0.25) is 0 Å². The van der Waals surface area contributed by atoms with E-state index in [9.17, 15) is 9.00 Å². The van der Waals surface area contributed by atoms with Gasteiger partial charge in [0, 0.05) is 0 Å². The largest absolute Gasteiger partial charge is 0.481 e. The maximum absolute atomic E-state index is 12.4. The number of hydrogen-bond donors (Lipinski definition) is 2. The fourth-order valence-electron chi connectivity index (χ4n) is 2.45. The van der Waals surface area contributed by atoms with E-state index in [2.05, 4.69) is 4.72 Å². The smallest absolute Gasteiger partial charge is 0.307 e. The van der Waals surface area contributed by atoms with Gasteiger partial charge in [-0.1, -0.05) is 18.2 Å². The molecule has 0 saturated carbocycles. The predicted octanol–water partition coefficient (Wildman–Crippen LogP) is 1.90. The van der Waals surface area contributed by atoms with E-state index in [0.29, 0.717) is 13.2 Å². The first-order chi connectivity index (χ1) is 10.1. The number of rotatable bonds is 5. The molecule has 0 aliphatic carbocycles. The van der Waals surface area contributed by atoms with Crippen LogP contribution >= 0.6 is 0 Å². The minimum atomic E-state index is -1.20. The number of carboxylic acid groups (broad SMARTS) is 1. The van der Waals surface area contributed by atoms with Crippen LogP contribution in [0.4, 0.5) is 0 Å². The van der Waals surface area contributed by atoms with Crippen LogP contribution in [0, 0.1) is 6.92 Å². The SMILES string of the molecule is Cc1cc(CC(=O)O)ccc1C1(NS(=O)C(C)(C)C)COC1. The van der Waals surface area contributed by atoms with E-state index < -0.39 is 22.5 Å². The molecule has 0 spiro atoms. The summed E-state index contributed by atoms with van der Waals surface area (Å²) in [5.74, 6) is -0.846. The van der Waals surface area contributed by atoms with Crippen molar-refractivity contribution in [3.8, 4) is 0 Å². The molecule has 1 atom stereocenters. The lowest BCUT2D eigenvalue weighted by molar-refractivity contribution is -0.136. The molecule has 1 aromatic carbocycles. The Bertz CT molecular complexity index is 603. The molecule has 0 bridgehead atoms. The van der Waals surface area contributed by atoms with E-state index in [4.69, 9.17) is 9.84 Å². The number of carbonyl (C=O) groups is 1. The number of nitrogens with one attached hydrogen (secondary N) is 1. The molecule has 1 fully saturated rings. The van der Waals surface area contributed by atoms with Crippen LogP contribution in [0.5, 0.6) is 0 Å². The Kier molecular flexibility index (Phi) is 4.75. The molecule has 1 unspecified atom stereocenters. The van der Waals surface area contributed by atoms with Gasteiger partial charge in [-0.15, -0.1) is 0 Å². The predicted molar refractivity (Wildman–Crippen MR) is 86.0 cm³/mol. The number of benzene rings is 1. The van der Waals surface area contributed by atoms with E-state index in [1.807, 2.05) is 45.9 Å². The third-order valence-corrected chi connectivity index (χ3v) is 5.39.